The van der Waals surface area contributed by atoms with Crippen LogP contribution in [0.4, 0.5) is 0 Å². The van der Waals surface area contributed by atoms with E-state index >= 15 is 0 Å². The zero-order valence-electron chi connectivity index (χ0n) is 11.3. The molecule has 0 saturated carbocycles. The van der Waals surface area contributed by atoms with Crippen LogP contribution >= 0.6 is 23.2 Å². The van der Waals surface area contributed by atoms with Gasteiger partial charge in [0.25, 0.3) is 0 Å². The monoisotopic (exact) mass is 309 g/mol. The summed E-state index contributed by atoms with van der Waals surface area (Å²) >= 11 is 12.0. The lowest BCUT2D eigenvalue weighted by Crippen LogP contribution is -2.17. The maximum absolute atomic E-state index is 9.75. The van der Waals surface area contributed by atoms with Gasteiger partial charge in [0.2, 0.25) is 0 Å². The number of hydrogen-bond donors (Lipinski definition) is 2. The third-order valence-electron chi connectivity index (χ3n) is 3.14. The fraction of sp³-hybridized carbons (Fsp3) is 0.250. The minimum Gasteiger partial charge on any atom is -0.508 e. The number of rotatable bonds is 5. The summed E-state index contributed by atoms with van der Waals surface area (Å²) in [5.74, 6) is 0.327. The second-order valence-electron chi connectivity index (χ2n) is 4.79. The first kappa shape index (κ1) is 15.2. The molecule has 106 valence electrons. The quantitative estimate of drug-likeness (QED) is 0.805. The number of aromatic hydroxyl groups is 1. The van der Waals surface area contributed by atoms with Gasteiger partial charge in [0.05, 0.1) is 0 Å². The summed E-state index contributed by atoms with van der Waals surface area (Å²) in [6, 6.07) is 11.1. The van der Waals surface area contributed by atoms with E-state index < -0.39 is 0 Å². The first-order valence-corrected chi connectivity index (χ1v) is 7.25. The smallest absolute Gasteiger partial charge is 0.120 e. The second kappa shape index (κ2) is 6.98. The molecule has 0 aliphatic rings. The van der Waals surface area contributed by atoms with E-state index in [0.717, 1.165) is 29.7 Å². The van der Waals surface area contributed by atoms with Crippen molar-refractivity contribution < 1.29 is 5.11 Å². The fourth-order valence-corrected chi connectivity index (χ4v) is 2.53. The molecular formula is C16H17Cl2NO. The van der Waals surface area contributed by atoms with Crippen molar-refractivity contribution in [2.24, 2.45) is 0 Å². The van der Waals surface area contributed by atoms with Gasteiger partial charge in [-0.25, -0.2) is 0 Å². The molecule has 0 bridgehead atoms. The van der Waals surface area contributed by atoms with Crippen LogP contribution in [0.1, 0.15) is 16.7 Å². The van der Waals surface area contributed by atoms with Gasteiger partial charge in [-0.15, -0.1) is 0 Å². The summed E-state index contributed by atoms with van der Waals surface area (Å²) in [5, 5.41) is 14.4. The van der Waals surface area contributed by atoms with Crippen molar-refractivity contribution in [1.82, 2.24) is 5.32 Å². The van der Waals surface area contributed by atoms with Crippen molar-refractivity contribution >= 4 is 23.2 Å². The summed E-state index contributed by atoms with van der Waals surface area (Å²) in [7, 11) is 0. The van der Waals surface area contributed by atoms with Gasteiger partial charge in [-0.3, -0.25) is 0 Å². The Morgan fingerprint density at radius 3 is 2.60 bits per heavy atom. The lowest BCUT2D eigenvalue weighted by atomic mass is 10.1. The van der Waals surface area contributed by atoms with E-state index in [-0.39, 0.29) is 0 Å². The van der Waals surface area contributed by atoms with Crippen molar-refractivity contribution in [2.45, 2.75) is 19.9 Å². The fourth-order valence-electron chi connectivity index (χ4n) is 2.03. The molecule has 0 fully saturated rings. The molecule has 4 heteroatoms. The SMILES string of the molecule is Cc1ccc(O)c(CNCCc2ccc(Cl)cc2Cl)c1. The Hall–Kier alpha value is -1.22. The van der Waals surface area contributed by atoms with Crippen LogP contribution < -0.4 is 5.32 Å². The zero-order chi connectivity index (χ0) is 14.5. The van der Waals surface area contributed by atoms with Gasteiger partial charge in [-0.2, -0.15) is 0 Å². The number of nitrogens with one attached hydrogen (secondary N) is 1. The number of aryl methyl sites for hydroxylation is 1. The largest absolute Gasteiger partial charge is 0.508 e. The maximum atomic E-state index is 9.75. The molecule has 2 nitrogen and oxygen atoms in total. The standard InChI is InChI=1S/C16H17Cl2NO/c1-11-2-5-16(20)13(8-11)10-19-7-6-12-3-4-14(17)9-15(12)18/h2-5,8-9,19-20H,6-7,10H2,1H3. The second-order valence-corrected chi connectivity index (χ2v) is 5.64. The van der Waals surface area contributed by atoms with Crippen LogP contribution in [0, 0.1) is 6.92 Å². The molecule has 0 radical (unpaired) electrons. The first-order valence-electron chi connectivity index (χ1n) is 6.49. The van der Waals surface area contributed by atoms with Crippen molar-refractivity contribution in [1.29, 1.82) is 0 Å². The topological polar surface area (TPSA) is 32.3 Å². The molecule has 0 saturated heterocycles. The summed E-state index contributed by atoms with van der Waals surface area (Å²) in [4.78, 5) is 0. The van der Waals surface area contributed by atoms with Crippen molar-refractivity contribution in [2.75, 3.05) is 6.54 Å². The van der Waals surface area contributed by atoms with Gasteiger partial charge in [0, 0.05) is 22.2 Å². The molecule has 2 N–H and O–H groups in total. The van der Waals surface area contributed by atoms with Crippen molar-refractivity contribution in [3.05, 3.63) is 63.1 Å². The Kier molecular flexibility index (Phi) is 5.30. The molecule has 0 amide bonds. The predicted molar refractivity (Wildman–Crippen MR) is 84.7 cm³/mol. The Bertz CT molecular complexity index is 599. The molecule has 0 atom stereocenters. The van der Waals surface area contributed by atoms with Crippen LogP contribution in [0.2, 0.25) is 10.0 Å². The van der Waals surface area contributed by atoms with E-state index in [1.54, 1.807) is 12.1 Å². The van der Waals surface area contributed by atoms with Crippen LogP contribution in [-0.4, -0.2) is 11.7 Å². The minimum absolute atomic E-state index is 0.327. The van der Waals surface area contributed by atoms with Crippen LogP contribution in [-0.2, 0) is 13.0 Å². The Balaban J connectivity index is 1.86. The van der Waals surface area contributed by atoms with E-state index in [2.05, 4.69) is 5.32 Å². The van der Waals surface area contributed by atoms with Crippen LogP contribution in [0.5, 0.6) is 5.75 Å². The molecule has 0 heterocycles. The summed E-state index contributed by atoms with van der Waals surface area (Å²) in [6.07, 6.45) is 0.822. The molecule has 0 spiro atoms. The lowest BCUT2D eigenvalue weighted by molar-refractivity contribution is 0.464. The molecule has 0 aliphatic carbocycles. The normalized spacial score (nSPS) is 10.8. The highest BCUT2D eigenvalue weighted by Crippen LogP contribution is 2.21. The number of benzene rings is 2. The van der Waals surface area contributed by atoms with Crippen LogP contribution in [0.25, 0.3) is 0 Å². The van der Waals surface area contributed by atoms with E-state index in [4.69, 9.17) is 23.2 Å². The lowest BCUT2D eigenvalue weighted by Gasteiger charge is -2.09. The van der Waals surface area contributed by atoms with Gasteiger partial charge in [-0.05, 0) is 43.7 Å². The average molecular weight is 310 g/mol. The van der Waals surface area contributed by atoms with Crippen LogP contribution in [0.3, 0.4) is 0 Å². The predicted octanol–water partition coefficient (Wildman–Crippen LogP) is 4.34. The number of hydrogen-bond acceptors (Lipinski definition) is 2. The Morgan fingerprint density at radius 2 is 1.85 bits per heavy atom. The molecule has 2 aromatic rings. The van der Waals surface area contributed by atoms with Gasteiger partial charge < -0.3 is 10.4 Å². The summed E-state index contributed by atoms with van der Waals surface area (Å²) in [6.45, 7) is 3.43. The molecule has 20 heavy (non-hydrogen) atoms. The highest BCUT2D eigenvalue weighted by Gasteiger charge is 2.03. The third-order valence-corrected chi connectivity index (χ3v) is 3.72. The number of halogens is 2. The molecule has 0 aromatic heterocycles. The minimum atomic E-state index is 0.327. The van der Waals surface area contributed by atoms with E-state index in [1.165, 1.54) is 0 Å². The highest BCUT2D eigenvalue weighted by atomic mass is 35.5. The highest BCUT2D eigenvalue weighted by molar-refractivity contribution is 6.35. The maximum Gasteiger partial charge on any atom is 0.120 e. The van der Waals surface area contributed by atoms with Gasteiger partial charge in [-0.1, -0.05) is 47.0 Å². The van der Waals surface area contributed by atoms with Crippen molar-refractivity contribution in [3.63, 3.8) is 0 Å². The molecular weight excluding hydrogens is 293 g/mol. The Labute approximate surface area is 129 Å². The zero-order valence-corrected chi connectivity index (χ0v) is 12.8. The van der Waals surface area contributed by atoms with E-state index in [9.17, 15) is 5.11 Å². The van der Waals surface area contributed by atoms with Crippen molar-refractivity contribution in [3.8, 4) is 5.75 Å². The molecule has 2 aromatic carbocycles. The van der Waals surface area contributed by atoms with E-state index in [1.807, 2.05) is 31.2 Å². The molecule has 0 unspecified atom stereocenters. The van der Waals surface area contributed by atoms with Gasteiger partial charge >= 0.3 is 0 Å². The summed E-state index contributed by atoms with van der Waals surface area (Å²) in [5.41, 5.74) is 3.12. The number of phenolic OH excluding ortho intramolecular Hbond substituents is 1. The average Bonchev–Trinajstić information content (AvgIpc) is 2.40. The first-order chi connectivity index (χ1) is 9.56. The molecule has 0 aliphatic heterocycles. The van der Waals surface area contributed by atoms with Gasteiger partial charge in [0.15, 0.2) is 0 Å². The third kappa shape index (κ3) is 4.14. The van der Waals surface area contributed by atoms with Gasteiger partial charge in [0.1, 0.15) is 5.75 Å². The number of phenols is 1. The van der Waals surface area contributed by atoms with E-state index in [0.29, 0.717) is 22.3 Å². The Morgan fingerprint density at radius 1 is 1.05 bits per heavy atom. The van der Waals surface area contributed by atoms with Crippen LogP contribution in [0.15, 0.2) is 36.4 Å². The molecule has 2 rings (SSSR count). The summed E-state index contributed by atoms with van der Waals surface area (Å²) < 4.78 is 0.